The average Bonchev–Trinajstić information content (AvgIpc) is 3.21. The van der Waals surface area contributed by atoms with Crippen LogP contribution in [0.3, 0.4) is 0 Å². The van der Waals surface area contributed by atoms with E-state index in [2.05, 4.69) is 73.1 Å². The number of hydrogen-bond acceptors (Lipinski definition) is 5. The number of rotatable bonds is 7. The highest BCUT2D eigenvalue weighted by atomic mass is 127. The second kappa shape index (κ2) is 11.7. The number of ether oxygens (including phenoxy) is 2. The summed E-state index contributed by atoms with van der Waals surface area (Å²) in [4.78, 5) is 17.7. The van der Waals surface area contributed by atoms with Crippen LogP contribution in [0.25, 0.3) is 16.8 Å². The van der Waals surface area contributed by atoms with E-state index in [-0.39, 0.29) is 5.91 Å². The molecule has 1 N–H and O–H groups in total. The molecule has 0 aliphatic carbocycles. The first-order chi connectivity index (χ1) is 18.0. The van der Waals surface area contributed by atoms with Gasteiger partial charge in [-0.2, -0.15) is 0 Å². The highest BCUT2D eigenvalue weighted by Gasteiger charge is 2.24. The van der Waals surface area contributed by atoms with Crippen molar-refractivity contribution in [2.75, 3.05) is 6.61 Å². The summed E-state index contributed by atoms with van der Waals surface area (Å²) in [5.74, 6) is 1.06. The Morgan fingerprint density at radius 2 is 1.84 bits per heavy atom. The third-order valence-electron chi connectivity index (χ3n) is 5.57. The van der Waals surface area contributed by atoms with Gasteiger partial charge in [-0.25, -0.2) is 4.99 Å². The van der Waals surface area contributed by atoms with E-state index in [9.17, 15) is 4.79 Å². The average molecular weight is 685 g/mol. The molecule has 1 fully saturated rings. The first-order valence-corrected chi connectivity index (χ1v) is 14.3. The van der Waals surface area contributed by atoms with Gasteiger partial charge in [-0.1, -0.05) is 48.5 Å². The zero-order valence-electron chi connectivity index (χ0n) is 19.8. The second-order valence-electron chi connectivity index (χ2n) is 8.15. The summed E-state index contributed by atoms with van der Waals surface area (Å²) in [6.07, 6.45) is 1.83. The topological polar surface area (TPSA) is 59.9 Å². The zero-order valence-corrected chi connectivity index (χ0v) is 24.4. The van der Waals surface area contributed by atoms with Crippen molar-refractivity contribution in [1.82, 2.24) is 5.32 Å². The molecule has 0 saturated carbocycles. The molecule has 8 heteroatoms. The van der Waals surface area contributed by atoms with Gasteiger partial charge in [0.1, 0.15) is 6.61 Å². The summed E-state index contributed by atoms with van der Waals surface area (Å²) in [5, 5.41) is 5.73. The minimum absolute atomic E-state index is 0.181. The van der Waals surface area contributed by atoms with Gasteiger partial charge in [-0.3, -0.25) is 4.79 Å². The molecule has 186 valence electrons. The maximum Gasteiger partial charge on any atom is 0.264 e. The lowest BCUT2D eigenvalue weighted by Crippen LogP contribution is -2.19. The standard InChI is InChI=1S/C29H22BrIN2O3S/c1-2-35-25-14-18(15-26-28(34)33-29(37-26)32-22-11-6-10-21(31)16-22)13-24(30)27(25)36-17-20-9-5-8-19-7-3-4-12-23(19)20/h3-16H,2,17H2,1H3,(H,32,33,34)/b26-15+. The van der Waals surface area contributed by atoms with Crippen LogP contribution in [-0.2, 0) is 11.4 Å². The van der Waals surface area contributed by atoms with Gasteiger partial charge in [0.25, 0.3) is 5.91 Å². The lowest BCUT2D eigenvalue weighted by molar-refractivity contribution is -0.115. The molecule has 4 aromatic carbocycles. The summed E-state index contributed by atoms with van der Waals surface area (Å²) in [6.45, 7) is 2.82. The Balaban J connectivity index is 1.39. The maximum atomic E-state index is 12.6. The van der Waals surface area contributed by atoms with Gasteiger partial charge >= 0.3 is 0 Å². The number of nitrogens with one attached hydrogen (secondary N) is 1. The summed E-state index contributed by atoms with van der Waals surface area (Å²) in [7, 11) is 0. The summed E-state index contributed by atoms with van der Waals surface area (Å²) < 4.78 is 14.0. The molecule has 1 amide bonds. The number of fused-ring (bicyclic) bond motifs is 1. The Bertz CT molecular complexity index is 1550. The van der Waals surface area contributed by atoms with Crippen molar-refractivity contribution in [3.8, 4) is 11.5 Å². The summed E-state index contributed by atoms with van der Waals surface area (Å²) >= 11 is 7.21. The molecule has 5 nitrogen and oxygen atoms in total. The van der Waals surface area contributed by atoms with E-state index >= 15 is 0 Å². The second-order valence-corrected chi connectivity index (χ2v) is 11.3. The predicted molar refractivity (Wildman–Crippen MR) is 164 cm³/mol. The van der Waals surface area contributed by atoms with Gasteiger partial charge in [0, 0.05) is 3.57 Å². The summed E-state index contributed by atoms with van der Waals surface area (Å²) in [5.41, 5.74) is 2.71. The van der Waals surface area contributed by atoms with E-state index in [1.807, 2.05) is 67.6 Å². The third kappa shape index (κ3) is 6.19. The van der Waals surface area contributed by atoms with Gasteiger partial charge in [-0.15, -0.1) is 0 Å². The molecule has 1 aliphatic rings. The number of hydrogen-bond donors (Lipinski definition) is 1. The lowest BCUT2D eigenvalue weighted by Gasteiger charge is -2.15. The number of amidine groups is 1. The van der Waals surface area contributed by atoms with Crippen LogP contribution in [0.15, 0.2) is 93.2 Å². The number of thioether (sulfide) groups is 1. The number of amides is 1. The molecule has 37 heavy (non-hydrogen) atoms. The van der Waals surface area contributed by atoms with Crippen molar-refractivity contribution < 1.29 is 14.3 Å². The SMILES string of the molecule is CCOc1cc(/C=C2/SC(=Nc3cccc(I)c3)NC2=O)cc(Br)c1OCc1cccc2ccccc12. The first kappa shape index (κ1) is 25.8. The minimum Gasteiger partial charge on any atom is -0.490 e. The van der Waals surface area contributed by atoms with Crippen molar-refractivity contribution in [3.63, 3.8) is 0 Å². The van der Waals surface area contributed by atoms with Crippen LogP contribution in [-0.4, -0.2) is 17.7 Å². The number of nitrogens with zero attached hydrogens (tertiary/aromatic N) is 1. The van der Waals surface area contributed by atoms with E-state index in [4.69, 9.17) is 9.47 Å². The zero-order chi connectivity index (χ0) is 25.8. The molecule has 0 unspecified atom stereocenters. The Hall–Kier alpha value is -2.82. The van der Waals surface area contributed by atoms with Crippen LogP contribution < -0.4 is 14.8 Å². The van der Waals surface area contributed by atoms with Crippen LogP contribution in [0.4, 0.5) is 5.69 Å². The van der Waals surface area contributed by atoms with E-state index < -0.39 is 0 Å². The number of halogens is 2. The smallest absolute Gasteiger partial charge is 0.264 e. The molecule has 1 saturated heterocycles. The fourth-order valence-electron chi connectivity index (χ4n) is 3.94. The third-order valence-corrected chi connectivity index (χ3v) is 7.74. The van der Waals surface area contributed by atoms with Gasteiger partial charge in [0.05, 0.1) is 21.7 Å². The van der Waals surface area contributed by atoms with Crippen LogP contribution in [0.2, 0.25) is 0 Å². The maximum absolute atomic E-state index is 12.6. The number of benzene rings is 4. The van der Waals surface area contributed by atoms with Crippen LogP contribution >= 0.6 is 50.3 Å². The fourth-order valence-corrected chi connectivity index (χ4v) is 5.88. The van der Waals surface area contributed by atoms with E-state index in [1.165, 1.54) is 17.1 Å². The molecular weight excluding hydrogens is 663 g/mol. The van der Waals surface area contributed by atoms with Crippen molar-refractivity contribution in [2.45, 2.75) is 13.5 Å². The largest absolute Gasteiger partial charge is 0.490 e. The molecule has 1 aliphatic heterocycles. The van der Waals surface area contributed by atoms with Gasteiger partial charge in [0.2, 0.25) is 0 Å². The molecule has 4 aromatic rings. The molecule has 5 rings (SSSR count). The van der Waals surface area contributed by atoms with Crippen LogP contribution in [0, 0.1) is 3.57 Å². The van der Waals surface area contributed by atoms with Crippen molar-refractivity contribution in [1.29, 1.82) is 0 Å². The highest BCUT2D eigenvalue weighted by Crippen LogP contribution is 2.39. The first-order valence-electron chi connectivity index (χ1n) is 11.6. The van der Waals surface area contributed by atoms with Crippen molar-refractivity contribution in [3.05, 3.63) is 103 Å². The van der Waals surface area contributed by atoms with Crippen LogP contribution in [0.1, 0.15) is 18.1 Å². The highest BCUT2D eigenvalue weighted by molar-refractivity contribution is 14.1. The van der Waals surface area contributed by atoms with Crippen LogP contribution in [0.5, 0.6) is 11.5 Å². The molecule has 0 atom stereocenters. The molecular formula is C29H22BrIN2O3S. The Kier molecular flexibility index (Phi) is 8.17. The normalized spacial score (nSPS) is 15.4. The quantitative estimate of drug-likeness (QED) is 0.158. The number of carbonyl (C=O) groups is 1. The van der Waals surface area contributed by atoms with Crippen molar-refractivity contribution >= 4 is 83.9 Å². The molecule has 0 radical (unpaired) electrons. The van der Waals surface area contributed by atoms with Gasteiger partial charge < -0.3 is 14.8 Å². The minimum atomic E-state index is -0.181. The Morgan fingerprint density at radius 3 is 2.68 bits per heavy atom. The van der Waals surface area contributed by atoms with Gasteiger partial charge in [-0.05, 0) is 116 Å². The monoisotopic (exact) mass is 684 g/mol. The van der Waals surface area contributed by atoms with E-state index in [0.29, 0.717) is 34.8 Å². The van der Waals surface area contributed by atoms with Gasteiger partial charge in [0.15, 0.2) is 16.7 Å². The Labute approximate surface area is 241 Å². The number of aliphatic imine (C=N–C) groups is 1. The fraction of sp³-hybridized carbons (Fsp3) is 0.103. The number of carbonyl (C=O) groups excluding carboxylic acids is 1. The Morgan fingerprint density at radius 1 is 1.03 bits per heavy atom. The molecule has 0 aromatic heterocycles. The molecule has 1 heterocycles. The molecule has 0 spiro atoms. The van der Waals surface area contributed by atoms with Crippen molar-refractivity contribution in [2.24, 2.45) is 4.99 Å². The summed E-state index contributed by atoms with van der Waals surface area (Å²) in [6, 6.07) is 26.1. The van der Waals surface area contributed by atoms with E-state index in [0.717, 1.165) is 30.2 Å². The van der Waals surface area contributed by atoms with E-state index in [1.54, 1.807) is 0 Å². The lowest BCUT2D eigenvalue weighted by atomic mass is 10.1. The predicted octanol–water partition coefficient (Wildman–Crippen LogP) is 8.08. The molecule has 0 bridgehead atoms.